The summed E-state index contributed by atoms with van der Waals surface area (Å²) < 4.78 is 6.49. The van der Waals surface area contributed by atoms with Crippen LogP contribution in [0, 0.1) is 0 Å². The second-order valence-electron chi connectivity index (χ2n) is 5.79. The summed E-state index contributed by atoms with van der Waals surface area (Å²) >= 11 is 15.3. The van der Waals surface area contributed by atoms with Gasteiger partial charge in [-0.2, -0.15) is 5.10 Å². The number of nitrogens with one attached hydrogen (secondary N) is 1. The number of ether oxygens (including phenoxy) is 1. The van der Waals surface area contributed by atoms with Gasteiger partial charge in [-0.15, -0.1) is 0 Å². The molecular weight excluding hydrogens is 463 g/mol. The van der Waals surface area contributed by atoms with Crippen molar-refractivity contribution < 1.29 is 9.53 Å². The lowest BCUT2D eigenvalue weighted by atomic mass is 10.2. The lowest BCUT2D eigenvalue weighted by Crippen LogP contribution is -2.18. The second-order valence-corrected chi connectivity index (χ2v) is 7.46. The Morgan fingerprint density at radius 3 is 2.64 bits per heavy atom. The van der Waals surface area contributed by atoms with E-state index >= 15 is 0 Å². The van der Waals surface area contributed by atoms with Gasteiger partial charge in [-0.1, -0.05) is 53.5 Å². The number of hydrazone groups is 1. The van der Waals surface area contributed by atoms with Crippen LogP contribution in [0.1, 0.15) is 21.5 Å². The molecule has 0 atom stereocenters. The lowest BCUT2D eigenvalue weighted by molar-refractivity contribution is 0.0954. The predicted octanol–water partition coefficient (Wildman–Crippen LogP) is 6.10. The molecular formula is C21H15BrCl2N2O2. The molecule has 0 bridgehead atoms. The third-order valence-electron chi connectivity index (χ3n) is 3.75. The SMILES string of the molecule is O=C(N/N=C\c1cccc(OCc2ccc(Cl)c(Cl)c2)c1)c1ccccc1Br. The van der Waals surface area contributed by atoms with Crippen LogP contribution < -0.4 is 10.2 Å². The fraction of sp³-hybridized carbons (Fsp3) is 0.0476. The van der Waals surface area contributed by atoms with Gasteiger partial charge in [-0.05, 0) is 63.5 Å². The maximum atomic E-state index is 12.1. The molecule has 0 radical (unpaired) electrons. The number of halogens is 3. The summed E-state index contributed by atoms with van der Waals surface area (Å²) in [6.07, 6.45) is 1.56. The number of hydrogen-bond acceptors (Lipinski definition) is 3. The lowest BCUT2D eigenvalue weighted by Gasteiger charge is -2.08. The van der Waals surface area contributed by atoms with Crippen LogP contribution in [-0.2, 0) is 6.61 Å². The molecule has 0 aliphatic carbocycles. The zero-order chi connectivity index (χ0) is 19.9. The summed E-state index contributed by atoms with van der Waals surface area (Å²) in [7, 11) is 0. The van der Waals surface area contributed by atoms with Crippen molar-refractivity contribution in [2.75, 3.05) is 0 Å². The molecule has 3 aromatic carbocycles. The Balaban J connectivity index is 1.59. The van der Waals surface area contributed by atoms with Gasteiger partial charge in [0.25, 0.3) is 5.91 Å². The minimum atomic E-state index is -0.296. The Bertz CT molecular complexity index is 1020. The molecule has 0 saturated heterocycles. The number of carbonyl (C=O) groups excluding carboxylic acids is 1. The van der Waals surface area contributed by atoms with E-state index in [2.05, 4.69) is 26.5 Å². The highest BCUT2D eigenvalue weighted by Crippen LogP contribution is 2.23. The number of amides is 1. The average Bonchev–Trinajstić information content (AvgIpc) is 2.69. The van der Waals surface area contributed by atoms with Gasteiger partial charge in [-0.3, -0.25) is 4.79 Å². The van der Waals surface area contributed by atoms with E-state index in [1.54, 1.807) is 36.5 Å². The molecule has 0 unspecified atom stereocenters. The largest absolute Gasteiger partial charge is 0.489 e. The van der Waals surface area contributed by atoms with Crippen LogP contribution >= 0.6 is 39.1 Å². The summed E-state index contributed by atoms with van der Waals surface area (Å²) in [6, 6.07) is 19.9. The van der Waals surface area contributed by atoms with Crippen molar-refractivity contribution in [3.05, 3.63) is 97.9 Å². The first kappa shape index (κ1) is 20.4. The van der Waals surface area contributed by atoms with Gasteiger partial charge in [0.1, 0.15) is 12.4 Å². The third kappa shape index (κ3) is 5.58. The third-order valence-corrected chi connectivity index (χ3v) is 5.18. The molecule has 0 aliphatic rings. The Kier molecular flexibility index (Phi) is 7.09. The van der Waals surface area contributed by atoms with Crippen molar-refractivity contribution in [3.63, 3.8) is 0 Å². The van der Waals surface area contributed by atoms with Crippen molar-refractivity contribution in [1.29, 1.82) is 0 Å². The predicted molar refractivity (Wildman–Crippen MR) is 116 cm³/mol. The van der Waals surface area contributed by atoms with Crippen LogP contribution in [0.3, 0.4) is 0 Å². The fourth-order valence-electron chi connectivity index (χ4n) is 2.35. The van der Waals surface area contributed by atoms with Gasteiger partial charge in [0.2, 0.25) is 0 Å². The highest BCUT2D eigenvalue weighted by molar-refractivity contribution is 9.10. The summed E-state index contributed by atoms with van der Waals surface area (Å²) in [6.45, 7) is 0.357. The van der Waals surface area contributed by atoms with Crippen molar-refractivity contribution in [3.8, 4) is 5.75 Å². The number of carbonyl (C=O) groups is 1. The molecule has 0 spiro atoms. The monoisotopic (exact) mass is 476 g/mol. The Hall–Kier alpha value is -2.34. The van der Waals surface area contributed by atoms with Crippen LogP contribution in [0.15, 0.2) is 76.3 Å². The van der Waals surface area contributed by atoms with E-state index in [1.165, 1.54) is 0 Å². The maximum absolute atomic E-state index is 12.1. The molecule has 7 heteroatoms. The molecule has 0 aliphatic heterocycles. The molecule has 142 valence electrons. The highest BCUT2D eigenvalue weighted by atomic mass is 79.9. The van der Waals surface area contributed by atoms with Gasteiger partial charge in [0.05, 0.1) is 21.8 Å². The van der Waals surface area contributed by atoms with E-state index in [9.17, 15) is 4.79 Å². The maximum Gasteiger partial charge on any atom is 0.272 e. The molecule has 0 aromatic heterocycles. The Labute approximate surface area is 181 Å². The second kappa shape index (κ2) is 9.73. The minimum Gasteiger partial charge on any atom is -0.489 e. The standard InChI is InChI=1S/C21H15BrCl2N2O2/c22-18-7-2-1-6-17(18)21(27)26-25-12-14-4-3-5-16(10-14)28-13-15-8-9-19(23)20(24)11-15/h1-12H,13H2,(H,26,27)/b25-12-. The zero-order valence-corrected chi connectivity index (χ0v) is 17.6. The summed E-state index contributed by atoms with van der Waals surface area (Å²) in [5.41, 5.74) is 4.72. The first-order valence-electron chi connectivity index (χ1n) is 8.27. The molecule has 28 heavy (non-hydrogen) atoms. The first-order chi connectivity index (χ1) is 13.5. The summed E-state index contributed by atoms with van der Waals surface area (Å²) in [4.78, 5) is 12.1. The van der Waals surface area contributed by atoms with Crippen molar-refractivity contribution in [1.82, 2.24) is 5.43 Å². The van der Waals surface area contributed by atoms with Gasteiger partial charge in [0.15, 0.2) is 0 Å². The highest BCUT2D eigenvalue weighted by Gasteiger charge is 2.07. The van der Waals surface area contributed by atoms with Crippen LogP contribution in [0.2, 0.25) is 10.0 Å². The summed E-state index contributed by atoms with van der Waals surface area (Å²) in [5.74, 6) is 0.378. The van der Waals surface area contributed by atoms with E-state index in [0.717, 1.165) is 11.1 Å². The van der Waals surface area contributed by atoms with E-state index in [1.807, 2.05) is 36.4 Å². The fourth-order valence-corrected chi connectivity index (χ4v) is 3.14. The number of hydrogen-bond donors (Lipinski definition) is 1. The number of benzene rings is 3. The normalized spacial score (nSPS) is 10.8. The van der Waals surface area contributed by atoms with Crippen molar-refractivity contribution in [2.24, 2.45) is 5.10 Å². The summed E-state index contributed by atoms with van der Waals surface area (Å²) in [5, 5.41) is 5.00. The van der Waals surface area contributed by atoms with Crippen LogP contribution in [0.5, 0.6) is 5.75 Å². The smallest absolute Gasteiger partial charge is 0.272 e. The van der Waals surface area contributed by atoms with Crippen LogP contribution in [0.25, 0.3) is 0 Å². The molecule has 4 nitrogen and oxygen atoms in total. The molecule has 0 saturated carbocycles. The van der Waals surface area contributed by atoms with Crippen molar-refractivity contribution in [2.45, 2.75) is 6.61 Å². The minimum absolute atomic E-state index is 0.296. The molecule has 1 amide bonds. The Morgan fingerprint density at radius 2 is 1.86 bits per heavy atom. The number of rotatable bonds is 6. The van der Waals surface area contributed by atoms with E-state index in [0.29, 0.717) is 32.4 Å². The van der Waals surface area contributed by atoms with E-state index in [-0.39, 0.29) is 5.91 Å². The number of nitrogens with zero attached hydrogens (tertiary/aromatic N) is 1. The molecule has 0 fully saturated rings. The van der Waals surface area contributed by atoms with E-state index in [4.69, 9.17) is 27.9 Å². The zero-order valence-electron chi connectivity index (χ0n) is 14.5. The van der Waals surface area contributed by atoms with Crippen molar-refractivity contribution >= 4 is 51.3 Å². The molecule has 1 N–H and O–H groups in total. The van der Waals surface area contributed by atoms with Gasteiger partial charge < -0.3 is 4.74 Å². The van der Waals surface area contributed by atoms with Gasteiger partial charge in [-0.25, -0.2) is 5.43 Å². The Morgan fingerprint density at radius 1 is 1.04 bits per heavy atom. The average molecular weight is 478 g/mol. The molecule has 0 heterocycles. The van der Waals surface area contributed by atoms with E-state index < -0.39 is 0 Å². The molecule has 3 aromatic rings. The quantitative estimate of drug-likeness (QED) is 0.344. The van der Waals surface area contributed by atoms with Gasteiger partial charge in [0, 0.05) is 4.47 Å². The molecule has 3 rings (SSSR count). The first-order valence-corrected chi connectivity index (χ1v) is 9.82. The van der Waals surface area contributed by atoms with Gasteiger partial charge >= 0.3 is 0 Å². The topological polar surface area (TPSA) is 50.7 Å². The van der Waals surface area contributed by atoms with Crippen LogP contribution in [-0.4, -0.2) is 12.1 Å². The van der Waals surface area contributed by atoms with Crippen LogP contribution in [0.4, 0.5) is 0 Å².